The van der Waals surface area contributed by atoms with E-state index in [0.29, 0.717) is 0 Å². The van der Waals surface area contributed by atoms with E-state index in [2.05, 4.69) is 4.90 Å². The molecule has 2 rings (SSSR count). The summed E-state index contributed by atoms with van der Waals surface area (Å²) in [7, 11) is 0. The van der Waals surface area contributed by atoms with Crippen LogP contribution < -0.4 is 10.6 Å². The zero-order valence-electron chi connectivity index (χ0n) is 9.75. The number of hydrogen-bond acceptors (Lipinski definition) is 2. The lowest BCUT2D eigenvalue weighted by molar-refractivity contribution is 0.552. The molecule has 1 heterocycles. The third-order valence-corrected chi connectivity index (χ3v) is 3.18. The number of nitrogens with zero attached hydrogens (tertiary/aromatic N) is 1. The number of para-hydroxylation sites is 1. The first-order chi connectivity index (χ1) is 7.70. The van der Waals surface area contributed by atoms with E-state index in [0.717, 1.165) is 37.2 Å². The summed E-state index contributed by atoms with van der Waals surface area (Å²) in [6.45, 7) is 3.80. The van der Waals surface area contributed by atoms with E-state index in [1.807, 2.05) is 13.0 Å². The minimum atomic E-state index is -0.142. The van der Waals surface area contributed by atoms with Crippen molar-refractivity contribution < 1.29 is 4.39 Å². The molecule has 1 aromatic carbocycles. The highest BCUT2D eigenvalue weighted by Crippen LogP contribution is 2.30. The van der Waals surface area contributed by atoms with Gasteiger partial charge in [-0.1, -0.05) is 12.1 Å². The SMILES string of the molecule is C[C@H](N)c1cccc(F)c1N1CCCCC1. The quantitative estimate of drug-likeness (QED) is 0.833. The second kappa shape index (κ2) is 4.83. The van der Waals surface area contributed by atoms with Crippen LogP contribution in [0.15, 0.2) is 18.2 Å². The molecule has 3 heteroatoms. The third kappa shape index (κ3) is 2.19. The van der Waals surface area contributed by atoms with Crippen LogP contribution in [-0.4, -0.2) is 13.1 Å². The average molecular weight is 222 g/mol. The highest BCUT2D eigenvalue weighted by molar-refractivity contribution is 5.56. The lowest BCUT2D eigenvalue weighted by Crippen LogP contribution is -2.31. The molecule has 0 amide bonds. The number of piperidine rings is 1. The van der Waals surface area contributed by atoms with E-state index < -0.39 is 0 Å². The van der Waals surface area contributed by atoms with Crippen LogP contribution >= 0.6 is 0 Å². The average Bonchev–Trinajstić information content (AvgIpc) is 2.29. The van der Waals surface area contributed by atoms with Crippen LogP contribution in [0.25, 0.3) is 0 Å². The molecule has 1 aromatic rings. The van der Waals surface area contributed by atoms with Crippen molar-refractivity contribution in [3.63, 3.8) is 0 Å². The highest BCUT2D eigenvalue weighted by Gasteiger charge is 2.19. The van der Waals surface area contributed by atoms with Gasteiger partial charge in [0.2, 0.25) is 0 Å². The van der Waals surface area contributed by atoms with Gasteiger partial charge in [0.25, 0.3) is 0 Å². The van der Waals surface area contributed by atoms with Crippen molar-refractivity contribution in [2.75, 3.05) is 18.0 Å². The topological polar surface area (TPSA) is 29.3 Å². The predicted octanol–water partition coefficient (Wildman–Crippen LogP) is 2.84. The van der Waals surface area contributed by atoms with Crippen LogP contribution in [-0.2, 0) is 0 Å². The molecule has 1 saturated heterocycles. The molecule has 0 aromatic heterocycles. The summed E-state index contributed by atoms with van der Waals surface area (Å²) in [6, 6.07) is 5.07. The zero-order chi connectivity index (χ0) is 11.5. The predicted molar refractivity (Wildman–Crippen MR) is 65.1 cm³/mol. The third-order valence-electron chi connectivity index (χ3n) is 3.18. The Morgan fingerprint density at radius 1 is 1.25 bits per heavy atom. The van der Waals surface area contributed by atoms with Gasteiger partial charge in [-0.2, -0.15) is 0 Å². The van der Waals surface area contributed by atoms with Gasteiger partial charge in [0.15, 0.2) is 0 Å². The standard InChI is InChI=1S/C13H19FN2/c1-10(15)11-6-5-7-12(14)13(11)16-8-3-2-4-9-16/h5-7,10H,2-4,8-9,15H2,1H3/t10-/m0/s1. The maximum absolute atomic E-state index is 13.9. The van der Waals surface area contributed by atoms with E-state index in [4.69, 9.17) is 5.73 Å². The van der Waals surface area contributed by atoms with Crippen molar-refractivity contribution in [2.45, 2.75) is 32.2 Å². The molecule has 0 radical (unpaired) electrons. The smallest absolute Gasteiger partial charge is 0.146 e. The van der Waals surface area contributed by atoms with Crippen molar-refractivity contribution in [3.05, 3.63) is 29.6 Å². The van der Waals surface area contributed by atoms with Gasteiger partial charge in [-0.05, 0) is 37.8 Å². The van der Waals surface area contributed by atoms with Gasteiger partial charge in [0, 0.05) is 19.1 Å². The molecule has 0 bridgehead atoms. The minimum Gasteiger partial charge on any atom is -0.369 e. The number of anilines is 1. The Labute approximate surface area is 96.2 Å². The fourth-order valence-electron chi connectivity index (χ4n) is 2.35. The Morgan fingerprint density at radius 3 is 2.56 bits per heavy atom. The zero-order valence-corrected chi connectivity index (χ0v) is 9.75. The molecule has 2 nitrogen and oxygen atoms in total. The maximum atomic E-state index is 13.9. The fraction of sp³-hybridized carbons (Fsp3) is 0.538. The van der Waals surface area contributed by atoms with E-state index in [9.17, 15) is 4.39 Å². The molecule has 88 valence electrons. The summed E-state index contributed by atoms with van der Waals surface area (Å²) in [6.07, 6.45) is 3.54. The number of hydrogen-bond donors (Lipinski definition) is 1. The van der Waals surface area contributed by atoms with Crippen LogP contribution in [0.2, 0.25) is 0 Å². The molecule has 0 aliphatic carbocycles. The fourth-order valence-corrected chi connectivity index (χ4v) is 2.35. The van der Waals surface area contributed by atoms with Crippen LogP contribution in [0.5, 0.6) is 0 Å². The summed E-state index contributed by atoms with van der Waals surface area (Å²) < 4.78 is 13.9. The monoisotopic (exact) mass is 222 g/mol. The lowest BCUT2D eigenvalue weighted by atomic mass is 10.0. The molecule has 0 saturated carbocycles. The van der Waals surface area contributed by atoms with Gasteiger partial charge < -0.3 is 10.6 Å². The second-order valence-electron chi connectivity index (χ2n) is 4.51. The Kier molecular flexibility index (Phi) is 3.44. The Bertz CT molecular complexity index is 357. The van der Waals surface area contributed by atoms with Crippen molar-refractivity contribution in [3.8, 4) is 0 Å². The van der Waals surface area contributed by atoms with Crippen molar-refractivity contribution in [1.82, 2.24) is 0 Å². The molecular weight excluding hydrogens is 203 g/mol. The second-order valence-corrected chi connectivity index (χ2v) is 4.51. The van der Waals surface area contributed by atoms with Crippen LogP contribution in [0.3, 0.4) is 0 Å². The van der Waals surface area contributed by atoms with Gasteiger partial charge in [0.05, 0.1) is 5.69 Å². The van der Waals surface area contributed by atoms with Crippen molar-refractivity contribution in [1.29, 1.82) is 0 Å². The molecule has 1 atom stereocenters. The van der Waals surface area contributed by atoms with Gasteiger partial charge in [0.1, 0.15) is 5.82 Å². The van der Waals surface area contributed by atoms with Gasteiger partial charge in [-0.15, -0.1) is 0 Å². The molecular formula is C13H19FN2. The van der Waals surface area contributed by atoms with E-state index in [1.54, 1.807) is 6.07 Å². The normalized spacial score (nSPS) is 18.6. The molecule has 1 aliphatic rings. The largest absolute Gasteiger partial charge is 0.369 e. The number of rotatable bonds is 2. The Morgan fingerprint density at radius 2 is 1.94 bits per heavy atom. The number of halogens is 1. The Hall–Kier alpha value is -1.09. The number of nitrogens with two attached hydrogens (primary N) is 1. The first kappa shape index (κ1) is 11.4. The first-order valence-corrected chi connectivity index (χ1v) is 5.99. The van der Waals surface area contributed by atoms with E-state index in [-0.39, 0.29) is 11.9 Å². The number of benzene rings is 1. The van der Waals surface area contributed by atoms with Gasteiger partial charge >= 0.3 is 0 Å². The van der Waals surface area contributed by atoms with Gasteiger partial charge in [-0.25, -0.2) is 4.39 Å². The van der Waals surface area contributed by atoms with Crippen molar-refractivity contribution >= 4 is 5.69 Å². The van der Waals surface area contributed by atoms with Crippen LogP contribution in [0.1, 0.15) is 37.8 Å². The van der Waals surface area contributed by atoms with Crippen LogP contribution in [0, 0.1) is 5.82 Å². The summed E-state index contributed by atoms with van der Waals surface area (Å²) in [4.78, 5) is 2.14. The lowest BCUT2D eigenvalue weighted by Gasteiger charge is -2.31. The molecule has 1 aliphatic heterocycles. The van der Waals surface area contributed by atoms with E-state index in [1.165, 1.54) is 12.5 Å². The van der Waals surface area contributed by atoms with Crippen LogP contribution in [0.4, 0.5) is 10.1 Å². The molecule has 1 fully saturated rings. The molecule has 2 N–H and O–H groups in total. The summed E-state index contributed by atoms with van der Waals surface area (Å²) >= 11 is 0. The molecule has 0 unspecified atom stereocenters. The van der Waals surface area contributed by atoms with Gasteiger partial charge in [-0.3, -0.25) is 0 Å². The summed E-state index contributed by atoms with van der Waals surface area (Å²) in [5.74, 6) is -0.142. The molecule has 0 spiro atoms. The maximum Gasteiger partial charge on any atom is 0.146 e. The summed E-state index contributed by atoms with van der Waals surface area (Å²) in [5.41, 5.74) is 7.53. The molecule has 16 heavy (non-hydrogen) atoms. The highest BCUT2D eigenvalue weighted by atomic mass is 19.1. The Balaban J connectivity index is 2.36. The van der Waals surface area contributed by atoms with E-state index >= 15 is 0 Å². The summed E-state index contributed by atoms with van der Waals surface area (Å²) in [5, 5.41) is 0. The minimum absolute atomic E-state index is 0.118. The first-order valence-electron chi connectivity index (χ1n) is 5.99. The van der Waals surface area contributed by atoms with Crippen molar-refractivity contribution in [2.24, 2.45) is 5.73 Å².